The van der Waals surface area contributed by atoms with Crippen LogP contribution in [0.15, 0.2) is 24.3 Å². The average molecular weight is 543 g/mol. The van der Waals surface area contributed by atoms with Crippen LogP contribution in [0.2, 0.25) is 5.02 Å². The van der Waals surface area contributed by atoms with Gasteiger partial charge in [0.05, 0.1) is 18.2 Å². The van der Waals surface area contributed by atoms with E-state index in [1.165, 1.54) is 19.2 Å². The summed E-state index contributed by atoms with van der Waals surface area (Å²) in [6.45, 7) is 0.395. The fourth-order valence-corrected chi connectivity index (χ4v) is 3.29. The topological polar surface area (TPSA) is 96.9 Å². The number of benzene rings is 2. The van der Waals surface area contributed by atoms with Gasteiger partial charge in [-0.05, 0) is 37.6 Å². The van der Waals surface area contributed by atoms with Crippen LogP contribution in [0.5, 0.6) is 11.5 Å². The summed E-state index contributed by atoms with van der Waals surface area (Å²) >= 11 is 5.75. The van der Waals surface area contributed by atoms with Crippen LogP contribution in [0.3, 0.4) is 0 Å². The number of methoxy groups -OCH3 is 1. The first-order valence-corrected chi connectivity index (χ1v) is 10.7. The van der Waals surface area contributed by atoms with Crippen LogP contribution in [-0.4, -0.2) is 42.9 Å². The Kier molecular flexibility index (Phi) is 10.2. The molecule has 36 heavy (non-hydrogen) atoms. The third kappa shape index (κ3) is 7.92. The van der Waals surface area contributed by atoms with Gasteiger partial charge in [-0.25, -0.2) is 18.0 Å². The van der Waals surface area contributed by atoms with Crippen molar-refractivity contribution in [1.29, 1.82) is 0 Å². The molecule has 198 valence electrons. The van der Waals surface area contributed by atoms with Crippen LogP contribution in [-0.2, 0) is 22.7 Å². The third-order valence-electron chi connectivity index (χ3n) is 4.92. The zero-order valence-electron chi connectivity index (χ0n) is 18.6. The van der Waals surface area contributed by atoms with Crippen molar-refractivity contribution in [3.8, 4) is 11.5 Å². The number of halogens is 7. The van der Waals surface area contributed by atoms with Crippen molar-refractivity contribution in [3.63, 3.8) is 0 Å². The lowest BCUT2D eigenvalue weighted by atomic mass is 10.1. The lowest BCUT2D eigenvalue weighted by molar-refractivity contribution is -0.192. The molecule has 1 fully saturated rings. The number of rotatable bonds is 7. The van der Waals surface area contributed by atoms with Crippen molar-refractivity contribution in [2.75, 3.05) is 13.7 Å². The number of hydrogen-bond donors (Lipinski definition) is 3. The molecule has 14 heteroatoms. The van der Waals surface area contributed by atoms with E-state index in [9.17, 15) is 31.1 Å². The summed E-state index contributed by atoms with van der Waals surface area (Å²) in [7, 11) is 1.39. The van der Waals surface area contributed by atoms with Crippen LogP contribution in [0.4, 0.5) is 26.3 Å². The van der Waals surface area contributed by atoms with E-state index in [0.717, 1.165) is 31.5 Å². The zero-order valence-corrected chi connectivity index (χ0v) is 19.4. The van der Waals surface area contributed by atoms with Gasteiger partial charge in [0.1, 0.15) is 24.0 Å². The molecule has 2 aromatic rings. The third-order valence-corrected chi connectivity index (χ3v) is 5.33. The minimum absolute atomic E-state index is 0.0712. The summed E-state index contributed by atoms with van der Waals surface area (Å²) in [5, 5.41) is 12.5. The average Bonchev–Trinajstić information content (AvgIpc) is 3.36. The van der Waals surface area contributed by atoms with Crippen molar-refractivity contribution in [2.45, 2.75) is 38.2 Å². The number of carbonyl (C=O) groups is 2. The summed E-state index contributed by atoms with van der Waals surface area (Å²) < 4.78 is 84.1. The van der Waals surface area contributed by atoms with E-state index in [4.69, 9.17) is 31.0 Å². The highest BCUT2D eigenvalue weighted by atomic mass is 35.5. The smallest absolute Gasteiger partial charge is 0.490 e. The molecule has 7 nitrogen and oxygen atoms in total. The molecule has 2 aromatic carbocycles. The van der Waals surface area contributed by atoms with Crippen LogP contribution in [0.1, 0.15) is 24.0 Å². The molecule has 3 rings (SSSR count). The Bertz CT molecular complexity index is 1090. The Labute approximate surface area is 206 Å². The van der Waals surface area contributed by atoms with Gasteiger partial charge in [-0.2, -0.15) is 13.2 Å². The minimum Gasteiger partial charge on any atom is -0.496 e. The molecule has 0 unspecified atom stereocenters. The predicted molar refractivity (Wildman–Crippen MR) is 115 cm³/mol. The van der Waals surface area contributed by atoms with Gasteiger partial charge in [0.2, 0.25) is 5.91 Å². The number of carboxylic acids is 1. The molecule has 0 bridgehead atoms. The van der Waals surface area contributed by atoms with Crippen molar-refractivity contribution in [2.24, 2.45) is 0 Å². The number of alkyl halides is 3. The maximum Gasteiger partial charge on any atom is 0.490 e. The Hall–Kier alpha value is -3.19. The van der Waals surface area contributed by atoms with Crippen molar-refractivity contribution >= 4 is 23.5 Å². The van der Waals surface area contributed by atoms with E-state index in [0.29, 0.717) is 5.56 Å². The Morgan fingerprint density at radius 2 is 1.78 bits per heavy atom. The molecular weight excluding hydrogens is 522 g/mol. The first-order valence-electron chi connectivity index (χ1n) is 10.3. The highest BCUT2D eigenvalue weighted by molar-refractivity contribution is 6.31. The number of amides is 1. The molecule has 1 aliphatic heterocycles. The quantitative estimate of drug-likeness (QED) is 0.356. The minimum atomic E-state index is -5.08. The second-order valence-corrected chi connectivity index (χ2v) is 7.75. The summed E-state index contributed by atoms with van der Waals surface area (Å²) in [5.74, 6) is -5.15. The number of hydrogen-bond acceptors (Lipinski definition) is 5. The normalized spacial score (nSPS) is 15.1. The molecule has 3 N–H and O–H groups in total. The molecule has 1 saturated heterocycles. The maximum atomic E-state index is 14.5. The first-order chi connectivity index (χ1) is 16.8. The molecule has 1 aliphatic rings. The van der Waals surface area contributed by atoms with Gasteiger partial charge in [0.15, 0.2) is 11.6 Å². The monoisotopic (exact) mass is 542 g/mol. The summed E-state index contributed by atoms with van der Waals surface area (Å²) in [6.07, 6.45) is -3.40. The predicted octanol–water partition coefficient (Wildman–Crippen LogP) is 4.35. The highest BCUT2D eigenvalue weighted by Gasteiger charge is 2.38. The number of ether oxygens (including phenoxy) is 2. The van der Waals surface area contributed by atoms with Crippen molar-refractivity contribution in [1.82, 2.24) is 10.6 Å². The standard InChI is InChI=1S/C20H20ClF3N2O3.C2HF3O2/c1-28-17-8-18(29-10-12-13(22)4-5-14(23)19(12)21)15(24)7-11(17)9-26-20(27)16-3-2-6-25-16;3-2(4,5)1(6)7/h4-5,7-8,16,25H,2-3,6,9-10H2,1H3,(H,26,27);(H,6,7)/t16-;/m0./s1. The SMILES string of the molecule is COc1cc(OCc2c(F)ccc(F)c2Cl)c(F)cc1CNC(=O)[C@@H]1CCCN1.O=C(O)C(F)(F)F. The van der Waals surface area contributed by atoms with Gasteiger partial charge in [0.25, 0.3) is 0 Å². The van der Waals surface area contributed by atoms with Crippen molar-refractivity contribution in [3.05, 3.63) is 57.9 Å². The van der Waals surface area contributed by atoms with Gasteiger partial charge in [-0.1, -0.05) is 11.6 Å². The molecule has 1 amide bonds. The van der Waals surface area contributed by atoms with E-state index in [1.54, 1.807) is 0 Å². The molecular formula is C22H21ClF6N2O5. The molecule has 0 radical (unpaired) electrons. The van der Waals surface area contributed by atoms with Crippen LogP contribution in [0, 0.1) is 17.5 Å². The maximum absolute atomic E-state index is 14.5. The van der Waals surface area contributed by atoms with E-state index in [1.807, 2.05) is 0 Å². The summed E-state index contributed by atoms with van der Waals surface area (Å²) in [5.41, 5.74) is 0.198. The van der Waals surface area contributed by atoms with Gasteiger partial charge in [-0.3, -0.25) is 4.79 Å². The lowest BCUT2D eigenvalue weighted by Crippen LogP contribution is -2.40. The molecule has 0 aliphatic carbocycles. The van der Waals surface area contributed by atoms with Crippen LogP contribution in [0.25, 0.3) is 0 Å². The lowest BCUT2D eigenvalue weighted by Gasteiger charge is -2.15. The van der Waals surface area contributed by atoms with Gasteiger partial charge in [0, 0.05) is 23.7 Å². The van der Waals surface area contributed by atoms with Crippen LogP contribution < -0.4 is 20.1 Å². The first kappa shape index (κ1) is 29.0. The van der Waals surface area contributed by atoms with Gasteiger partial charge in [-0.15, -0.1) is 0 Å². The fourth-order valence-electron chi connectivity index (χ4n) is 3.08. The molecule has 0 spiro atoms. The molecule has 0 aromatic heterocycles. The second-order valence-electron chi connectivity index (χ2n) is 7.37. The molecule has 1 heterocycles. The van der Waals surface area contributed by atoms with Gasteiger partial charge < -0.3 is 25.2 Å². The van der Waals surface area contributed by atoms with Crippen molar-refractivity contribution < 1.29 is 50.5 Å². The largest absolute Gasteiger partial charge is 0.496 e. The fraction of sp³-hybridized carbons (Fsp3) is 0.364. The molecule has 0 saturated carbocycles. The zero-order chi connectivity index (χ0) is 27.0. The van der Waals surface area contributed by atoms with E-state index >= 15 is 0 Å². The van der Waals surface area contributed by atoms with E-state index in [-0.39, 0.29) is 35.6 Å². The number of nitrogens with one attached hydrogen (secondary N) is 2. The number of aliphatic carboxylic acids is 1. The van der Waals surface area contributed by atoms with E-state index < -0.39 is 41.2 Å². The summed E-state index contributed by atoms with van der Waals surface area (Å²) in [4.78, 5) is 21.0. The highest BCUT2D eigenvalue weighted by Crippen LogP contribution is 2.30. The van der Waals surface area contributed by atoms with Gasteiger partial charge >= 0.3 is 12.1 Å². The number of carboxylic acid groups (broad SMARTS) is 1. The van der Waals surface area contributed by atoms with Crippen LogP contribution >= 0.6 is 11.6 Å². The Balaban J connectivity index is 0.000000572. The Morgan fingerprint density at radius 1 is 1.14 bits per heavy atom. The van der Waals surface area contributed by atoms with E-state index in [2.05, 4.69) is 10.6 Å². The second kappa shape index (κ2) is 12.7. The summed E-state index contributed by atoms with van der Waals surface area (Å²) in [6, 6.07) is 4.02. The Morgan fingerprint density at radius 3 is 2.33 bits per heavy atom. The number of carbonyl (C=O) groups excluding carboxylic acids is 1. The molecule has 1 atom stereocenters.